The molecule has 0 atom stereocenters. The summed E-state index contributed by atoms with van der Waals surface area (Å²) in [5.74, 6) is -0.988. The maximum atomic E-state index is 11.3. The third kappa shape index (κ3) is 2.95. The molecule has 0 amide bonds. The largest absolute Gasteiger partial charge is 0.859 e. The molecule has 6 heteroatoms. The molecule has 0 bridgehead atoms. The van der Waals surface area contributed by atoms with Crippen molar-refractivity contribution in [1.82, 2.24) is 0 Å². The summed E-state index contributed by atoms with van der Waals surface area (Å²) >= 11 is 0. The van der Waals surface area contributed by atoms with Gasteiger partial charge in [-0.1, -0.05) is 18.2 Å². The van der Waals surface area contributed by atoms with Crippen LogP contribution in [-0.4, -0.2) is 20.1 Å². The highest BCUT2D eigenvalue weighted by Gasteiger charge is 2.09. The lowest BCUT2D eigenvalue weighted by atomic mass is 10.2. The Balaban J connectivity index is 3.10. The fourth-order valence-corrected chi connectivity index (χ4v) is 1.67. The van der Waals surface area contributed by atoms with E-state index in [1.807, 2.05) is 0 Å². The second kappa shape index (κ2) is 4.31. The van der Waals surface area contributed by atoms with Crippen molar-refractivity contribution in [3.8, 4) is 0 Å². The van der Waals surface area contributed by atoms with Crippen molar-refractivity contribution in [2.75, 3.05) is 10.5 Å². The van der Waals surface area contributed by atoms with Gasteiger partial charge in [0.15, 0.2) is 0 Å². The molecule has 1 aromatic carbocycles. The molecule has 0 saturated heterocycles. The lowest BCUT2D eigenvalue weighted by Crippen LogP contribution is -2.21. The van der Waals surface area contributed by atoms with Gasteiger partial charge in [0.1, 0.15) is 0 Å². The maximum absolute atomic E-state index is 11.3. The zero-order valence-electron chi connectivity index (χ0n) is 8.15. The Morgan fingerprint density at radius 1 is 1.47 bits per heavy atom. The molecule has 0 aliphatic carbocycles. The first-order valence-corrected chi connectivity index (χ1v) is 5.97. The number of nitrogens with one attached hydrogen (secondary N) is 2. The molecule has 0 saturated carbocycles. The second-order valence-electron chi connectivity index (χ2n) is 2.88. The average molecular weight is 227 g/mol. The van der Waals surface area contributed by atoms with Crippen LogP contribution in [0, 0.1) is 5.41 Å². The molecule has 82 valence electrons. The summed E-state index contributed by atoms with van der Waals surface area (Å²) in [6, 6.07) is 6.03. The normalized spacial score (nSPS) is 11.0. The second-order valence-corrected chi connectivity index (χ2v) is 4.89. The van der Waals surface area contributed by atoms with Crippen molar-refractivity contribution in [2.24, 2.45) is 0 Å². The predicted molar refractivity (Wildman–Crippen MR) is 56.4 cm³/mol. The minimum absolute atomic E-state index is 0.0505. The van der Waals surface area contributed by atoms with Gasteiger partial charge >= 0.3 is 0 Å². The summed E-state index contributed by atoms with van der Waals surface area (Å²) in [7, 11) is -3.41. The van der Waals surface area contributed by atoms with Crippen molar-refractivity contribution in [1.29, 1.82) is 5.41 Å². The molecule has 5 nitrogen and oxygen atoms in total. The Kier molecular flexibility index (Phi) is 3.31. The van der Waals surface area contributed by atoms with E-state index in [9.17, 15) is 13.5 Å². The van der Waals surface area contributed by atoms with Gasteiger partial charge < -0.3 is 10.5 Å². The molecule has 1 rings (SSSR count). The molecule has 0 heterocycles. The Morgan fingerprint density at radius 2 is 2.07 bits per heavy atom. The van der Waals surface area contributed by atoms with Gasteiger partial charge in [0.2, 0.25) is 10.0 Å². The minimum atomic E-state index is -3.41. The van der Waals surface area contributed by atoms with E-state index in [0.29, 0.717) is 0 Å². The molecule has 1 aromatic rings. The topological polar surface area (TPSA) is 93.1 Å². The highest BCUT2D eigenvalue weighted by Crippen LogP contribution is 2.15. The first-order valence-electron chi connectivity index (χ1n) is 4.31. The van der Waals surface area contributed by atoms with Crippen LogP contribution in [0.4, 0.5) is 5.69 Å². The van der Waals surface area contributed by atoms with Gasteiger partial charge in [-0.2, -0.15) is 0 Å². The van der Waals surface area contributed by atoms with Crippen molar-refractivity contribution in [2.45, 2.75) is 6.92 Å². The van der Waals surface area contributed by atoms with Crippen LogP contribution < -0.4 is 9.83 Å². The quantitative estimate of drug-likeness (QED) is 0.565. The van der Waals surface area contributed by atoms with Crippen LogP contribution in [-0.2, 0) is 10.0 Å². The number of hydrogen-bond acceptors (Lipinski definition) is 4. The van der Waals surface area contributed by atoms with Crippen LogP contribution in [0.25, 0.3) is 0 Å². The third-order valence-corrected chi connectivity index (χ3v) is 3.11. The summed E-state index contributed by atoms with van der Waals surface area (Å²) in [6.07, 6.45) is 0. The summed E-state index contributed by atoms with van der Waals surface area (Å²) in [6.45, 7) is 1.49. The smallest absolute Gasteiger partial charge is 0.232 e. The van der Waals surface area contributed by atoms with Crippen molar-refractivity contribution in [3.63, 3.8) is 0 Å². The van der Waals surface area contributed by atoms with E-state index in [1.54, 1.807) is 12.1 Å². The number of benzene rings is 1. The van der Waals surface area contributed by atoms with Crippen molar-refractivity contribution >= 4 is 21.6 Å². The minimum Gasteiger partial charge on any atom is -0.859 e. The van der Waals surface area contributed by atoms with Crippen LogP contribution in [0.3, 0.4) is 0 Å². The summed E-state index contributed by atoms with van der Waals surface area (Å²) in [4.78, 5) is 0. The number of hydrogen-bond donors (Lipinski definition) is 2. The zero-order valence-corrected chi connectivity index (χ0v) is 8.97. The molecule has 15 heavy (non-hydrogen) atoms. The van der Waals surface area contributed by atoms with E-state index in [4.69, 9.17) is 5.41 Å². The number of rotatable bonds is 4. The van der Waals surface area contributed by atoms with Crippen molar-refractivity contribution < 1.29 is 13.5 Å². The molecular formula is C9H11N2O3S-. The van der Waals surface area contributed by atoms with E-state index in [-0.39, 0.29) is 17.0 Å². The van der Waals surface area contributed by atoms with Crippen LogP contribution in [0.1, 0.15) is 12.5 Å². The van der Waals surface area contributed by atoms with E-state index in [0.717, 1.165) is 0 Å². The lowest BCUT2D eigenvalue weighted by molar-refractivity contribution is -0.214. The van der Waals surface area contributed by atoms with Gasteiger partial charge in [-0.3, -0.25) is 4.72 Å². The molecule has 0 fully saturated rings. The lowest BCUT2D eigenvalue weighted by Gasteiger charge is -2.14. The zero-order chi connectivity index (χ0) is 11.5. The van der Waals surface area contributed by atoms with Crippen LogP contribution in [0.15, 0.2) is 24.3 Å². The molecule has 0 aliphatic rings. The third-order valence-electron chi connectivity index (χ3n) is 1.82. The first kappa shape index (κ1) is 11.5. The molecule has 0 spiro atoms. The summed E-state index contributed by atoms with van der Waals surface area (Å²) < 4.78 is 24.8. The number of para-hydroxylation sites is 1. The van der Waals surface area contributed by atoms with E-state index < -0.39 is 15.9 Å². The SMILES string of the molecule is CCS(=O)(=O)Nc1ccccc1C(=N)[O-]. The maximum Gasteiger partial charge on any atom is 0.232 e. The van der Waals surface area contributed by atoms with E-state index in [2.05, 4.69) is 4.72 Å². The Morgan fingerprint density at radius 3 is 2.60 bits per heavy atom. The Hall–Kier alpha value is -1.56. The van der Waals surface area contributed by atoms with E-state index >= 15 is 0 Å². The first-order chi connectivity index (χ1) is 6.96. The summed E-state index contributed by atoms with van der Waals surface area (Å²) in [5.41, 5.74) is 0.203. The molecule has 0 unspecified atom stereocenters. The highest BCUT2D eigenvalue weighted by atomic mass is 32.2. The number of anilines is 1. The number of sulfonamides is 1. The van der Waals surface area contributed by atoms with Gasteiger partial charge in [-0.15, -0.1) is 0 Å². The van der Waals surface area contributed by atoms with Crippen LogP contribution in [0.5, 0.6) is 0 Å². The highest BCUT2D eigenvalue weighted by molar-refractivity contribution is 7.92. The van der Waals surface area contributed by atoms with Gasteiger partial charge in [0.25, 0.3) is 0 Å². The van der Waals surface area contributed by atoms with Crippen LogP contribution >= 0.6 is 0 Å². The summed E-state index contributed by atoms with van der Waals surface area (Å²) in [5, 5.41) is 17.8. The Labute approximate surface area is 88.3 Å². The molecule has 2 N–H and O–H groups in total. The molecule has 0 radical (unpaired) electrons. The Bertz CT molecular complexity index is 468. The monoisotopic (exact) mass is 227 g/mol. The fraction of sp³-hybridized carbons (Fsp3) is 0.222. The van der Waals surface area contributed by atoms with Gasteiger partial charge in [-0.25, -0.2) is 8.42 Å². The van der Waals surface area contributed by atoms with Gasteiger partial charge in [0.05, 0.1) is 11.4 Å². The molecule has 0 aromatic heterocycles. The molecule has 0 aliphatic heterocycles. The van der Waals surface area contributed by atoms with Gasteiger partial charge in [-0.05, 0) is 18.9 Å². The van der Waals surface area contributed by atoms with Crippen molar-refractivity contribution in [3.05, 3.63) is 29.8 Å². The fourth-order valence-electron chi connectivity index (χ4n) is 1.01. The van der Waals surface area contributed by atoms with E-state index in [1.165, 1.54) is 19.1 Å². The predicted octanol–water partition coefficient (Wildman–Crippen LogP) is 0.134. The van der Waals surface area contributed by atoms with Gasteiger partial charge in [0, 0.05) is 5.56 Å². The average Bonchev–Trinajstić information content (AvgIpc) is 2.18. The van der Waals surface area contributed by atoms with Crippen LogP contribution in [0.2, 0.25) is 0 Å². The standard InChI is InChI=1S/C9H12N2O3S/c1-2-15(13,14)11-8-6-4-3-5-7(8)9(10)12/h3-6,11H,2H2,1H3,(H2,10,12)/p-1. The molecular weight excluding hydrogens is 216 g/mol.